The molecule has 0 aliphatic rings. The maximum absolute atomic E-state index is 2.40. The van der Waals surface area contributed by atoms with Crippen molar-refractivity contribution in [1.82, 2.24) is 0 Å². The van der Waals surface area contributed by atoms with E-state index in [2.05, 4.69) is 58.4 Å². The molecule has 0 fully saturated rings. The van der Waals surface area contributed by atoms with Gasteiger partial charge in [0.25, 0.3) is 0 Å². The lowest BCUT2D eigenvalue weighted by molar-refractivity contribution is 0.650. The average molecular weight is 203 g/mol. The van der Waals surface area contributed by atoms with Gasteiger partial charge in [-0.15, -0.1) is 0 Å². The highest BCUT2D eigenvalue weighted by Gasteiger charge is 2.10. The Kier molecular flexibility index (Phi) is 4.87. The van der Waals surface area contributed by atoms with Gasteiger partial charge in [0.2, 0.25) is 0 Å². The predicted octanol–water partition coefficient (Wildman–Crippen LogP) is 4.80. The summed E-state index contributed by atoms with van der Waals surface area (Å²) in [6.45, 7) is 9.09. The maximum Gasteiger partial charge on any atom is -0.00620 e. The molecule has 0 heterocycles. The first-order valence-corrected chi connectivity index (χ1v) is 6.12. The Labute approximate surface area is 94.7 Å². The summed E-state index contributed by atoms with van der Waals surface area (Å²) in [6.07, 6.45) is 4.84. The van der Waals surface area contributed by atoms with E-state index >= 15 is 0 Å². The van der Waals surface area contributed by atoms with Gasteiger partial charge < -0.3 is 0 Å². The zero-order valence-corrected chi connectivity index (χ0v) is 10.5. The number of rotatable bonds is 5. The molecule has 0 saturated carbocycles. The Hall–Kier alpha value is -0.780. The van der Waals surface area contributed by atoms with Crippen LogP contribution in [0.25, 0.3) is 0 Å². The van der Waals surface area contributed by atoms with Gasteiger partial charge in [0, 0.05) is 0 Å². The van der Waals surface area contributed by atoms with Crippen LogP contribution in [0.3, 0.4) is 0 Å². The topological polar surface area (TPSA) is 0 Å². The molecule has 1 aromatic carbocycles. The van der Waals surface area contributed by atoms with E-state index < -0.39 is 0 Å². The van der Waals surface area contributed by atoms with Crippen LogP contribution in [0.5, 0.6) is 0 Å². The first-order chi connectivity index (χ1) is 7.19. The molecular formula is C15H23. The van der Waals surface area contributed by atoms with Crippen LogP contribution in [0.2, 0.25) is 0 Å². The minimum Gasteiger partial charge on any atom is -0.0651 e. The van der Waals surface area contributed by atoms with Crippen molar-refractivity contribution in [3.8, 4) is 0 Å². The SMILES string of the molecule is CCC(C)[CH]c1ccccc1C(C)CC. The van der Waals surface area contributed by atoms with Crippen LogP contribution in [0.15, 0.2) is 24.3 Å². The molecule has 2 atom stereocenters. The van der Waals surface area contributed by atoms with Crippen molar-refractivity contribution in [3.05, 3.63) is 41.8 Å². The molecule has 83 valence electrons. The molecule has 1 radical (unpaired) electrons. The second-order valence-corrected chi connectivity index (χ2v) is 4.49. The summed E-state index contributed by atoms with van der Waals surface area (Å²) in [6, 6.07) is 8.80. The number of hydrogen-bond acceptors (Lipinski definition) is 0. The van der Waals surface area contributed by atoms with Crippen LogP contribution in [0, 0.1) is 12.3 Å². The fraction of sp³-hybridized carbons (Fsp3) is 0.533. The normalized spacial score (nSPS) is 14.9. The molecule has 0 bridgehead atoms. The second-order valence-electron chi connectivity index (χ2n) is 4.49. The summed E-state index contributed by atoms with van der Waals surface area (Å²) < 4.78 is 0. The fourth-order valence-corrected chi connectivity index (χ4v) is 1.76. The van der Waals surface area contributed by atoms with Gasteiger partial charge in [-0.25, -0.2) is 0 Å². The standard InChI is InChI=1S/C15H23/c1-5-12(3)11-14-9-7-8-10-15(14)13(4)6-2/h7-13H,5-6H2,1-4H3. The van der Waals surface area contributed by atoms with Crippen LogP contribution in [0.1, 0.15) is 57.6 Å². The Morgan fingerprint density at radius 1 is 1.07 bits per heavy atom. The number of hydrogen-bond donors (Lipinski definition) is 0. The van der Waals surface area contributed by atoms with Crippen LogP contribution in [-0.2, 0) is 0 Å². The average Bonchev–Trinajstić information content (AvgIpc) is 2.28. The van der Waals surface area contributed by atoms with Gasteiger partial charge in [-0.3, -0.25) is 0 Å². The van der Waals surface area contributed by atoms with Crippen molar-refractivity contribution >= 4 is 0 Å². The van der Waals surface area contributed by atoms with Crippen molar-refractivity contribution in [2.75, 3.05) is 0 Å². The molecule has 15 heavy (non-hydrogen) atoms. The smallest absolute Gasteiger partial charge is 0.00620 e. The molecule has 0 heteroatoms. The third-order valence-corrected chi connectivity index (χ3v) is 3.25. The first-order valence-electron chi connectivity index (χ1n) is 6.12. The highest BCUT2D eigenvalue weighted by molar-refractivity contribution is 5.35. The summed E-state index contributed by atoms with van der Waals surface area (Å²) in [5.41, 5.74) is 2.93. The highest BCUT2D eigenvalue weighted by Crippen LogP contribution is 2.26. The molecule has 0 aromatic heterocycles. The molecule has 1 rings (SSSR count). The van der Waals surface area contributed by atoms with Crippen LogP contribution < -0.4 is 0 Å². The highest BCUT2D eigenvalue weighted by atomic mass is 14.1. The van der Waals surface area contributed by atoms with Gasteiger partial charge in [0.1, 0.15) is 0 Å². The maximum atomic E-state index is 2.40. The molecule has 2 unspecified atom stereocenters. The van der Waals surface area contributed by atoms with E-state index in [4.69, 9.17) is 0 Å². The summed E-state index contributed by atoms with van der Waals surface area (Å²) in [7, 11) is 0. The van der Waals surface area contributed by atoms with E-state index in [0.29, 0.717) is 11.8 Å². The molecule has 0 aliphatic heterocycles. The minimum absolute atomic E-state index is 0.668. The summed E-state index contributed by atoms with van der Waals surface area (Å²) in [4.78, 5) is 0. The van der Waals surface area contributed by atoms with E-state index in [9.17, 15) is 0 Å². The molecule has 0 saturated heterocycles. The summed E-state index contributed by atoms with van der Waals surface area (Å²) >= 11 is 0. The molecule has 0 spiro atoms. The van der Waals surface area contributed by atoms with Gasteiger partial charge in [-0.1, -0.05) is 58.4 Å². The Morgan fingerprint density at radius 3 is 2.33 bits per heavy atom. The van der Waals surface area contributed by atoms with Crippen LogP contribution in [0.4, 0.5) is 0 Å². The van der Waals surface area contributed by atoms with Crippen molar-refractivity contribution in [1.29, 1.82) is 0 Å². The van der Waals surface area contributed by atoms with E-state index in [1.165, 1.54) is 24.0 Å². The third-order valence-electron chi connectivity index (χ3n) is 3.25. The second kappa shape index (κ2) is 5.95. The van der Waals surface area contributed by atoms with E-state index in [0.717, 1.165) is 0 Å². The molecular weight excluding hydrogens is 180 g/mol. The number of benzene rings is 1. The van der Waals surface area contributed by atoms with Gasteiger partial charge in [-0.2, -0.15) is 0 Å². The first kappa shape index (κ1) is 12.3. The predicted molar refractivity (Wildman–Crippen MR) is 68.0 cm³/mol. The van der Waals surface area contributed by atoms with E-state index in [1.807, 2.05) is 0 Å². The van der Waals surface area contributed by atoms with Crippen LogP contribution >= 0.6 is 0 Å². The summed E-state index contributed by atoms with van der Waals surface area (Å²) in [5, 5.41) is 0. The Bertz CT molecular complexity index is 288. The minimum atomic E-state index is 0.668. The van der Waals surface area contributed by atoms with Gasteiger partial charge in [-0.05, 0) is 35.8 Å². The van der Waals surface area contributed by atoms with Gasteiger partial charge in [0.05, 0.1) is 0 Å². The zero-order chi connectivity index (χ0) is 11.3. The van der Waals surface area contributed by atoms with Crippen molar-refractivity contribution < 1.29 is 0 Å². The van der Waals surface area contributed by atoms with E-state index in [-0.39, 0.29) is 0 Å². The van der Waals surface area contributed by atoms with E-state index in [1.54, 1.807) is 0 Å². The van der Waals surface area contributed by atoms with Gasteiger partial charge in [0.15, 0.2) is 0 Å². The summed E-state index contributed by atoms with van der Waals surface area (Å²) in [5.74, 6) is 1.34. The molecule has 0 amide bonds. The Balaban J connectivity index is 2.86. The van der Waals surface area contributed by atoms with Crippen molar-refractivity contribution in [2.24, 2.45) is 5.92 Å². The monoisotopic (exact) mass is 203 g/mol. The molecule has 0 nitrogen and oxygen atoms in total. The van der Waals surface area contributed by atoms with Crippen molar-refractivity contribution in [3.63, 3.8) is 0 Å². The van der Waals surface area contributed by atoms with Gasteiger partial charge >= 0.3 is 0 Å². The quantitative estimate of drug-likeness (QED) is 0.645. The largest absolute Gasteiger partial charge is 0.0651 e. The lowest BCUT2D eigenvalue weighted by Gasteiger charge is -2.16. The fourth-order valence-electron chi connectivity index (χ4n) is 1.76. The lowest BCUT2D eigenvalue weighted by atomic mass is 9.88. The molecule has 0 N–H and O–H groups in total. The van der Waals surface area contributed by atoms with Crippen LogP contribution in [-0.4, -0.2) is 0 Å². The third kappa shape index (κ3) is 3.37. The zero-order valence-electron chi connectivity index (χ0n) is 10.5. The lowest BCUT2D eigenvalue weighted by Crippen LogP contribution is -2.01. The van der Waals surface area contributed by atoms with Crippen molar-refractivity contribution in [2.45, 2.75) is 46.5 Å². The molecule has 1 aromatic rings. The Morgan fingerprint density at radius 2 is 1.73 bits per heavy atom. The molecule has 0 aliphatic carbocycles.